The maximum absolute atomic E-state index is 11.6. The topological polar surface area (TPSA) is 23.6 Å². The van der Waals surface area contributed by atoms with Crippen LogP contribution in [0.4, 0.5) is 0 Å². The highest BCUT2D eigenvalue weighted by molar-refractivity contribution is 5.82. The van der Waals surface area contributed by atoms with Gasteiger partial charge in [-0.05, 0) is 33.0 Å². The lowest BCUT2D eigenvalue weighted by atomic mass is 10.1. The molecule has 3 nitrogen and oxygen atoms in total. The molecule has 0 saturated carbocycles. The minimum atomic E-state index is 0.160. The predicted octanol–water partition coefficient (Wildman–Crippen LogP) is 1.63. The fourth-order valence-electron chi connectivity index (χ4n) is 2.39. The molecule has 0 aromatic rings. The third kappa shape index (κ3) is 3.87. The van der Waals surface area contributed by atoms with E-state index in [1.165, 1.54) is 19.4 Å². The Kier molecular flexibility index (Phi) is 5.42. The van der Waals surface area contributed by atoms with Crippen LogP contribution in [0.2, 0.25) is 0 Å². The Morgan fingerprint density at radius 2 is 2.19 bits per heavy atom. The number of nitrogens with zero attached hydrogens (tertiary/aromatic N) is 2. The quantitative estimate of drug-likeness (QED) is 0.688. The van der Waals surface area contributed by atoms with Crippen LogP contribution in [0.25, 0.3) is 0 Å². The average molecular weight is 226 g/mol. The molecule has 1 fully saturated rings. The van der Waals surface area contributed by atoms with Gasteiger partial charge in [0.05, 0.1) is 6.54 Å². The molecular weight excluding hydrogens is 200 g/mol. The molecule has 1 atom stereocenters. The summed E-state index contributed by atoms with van der Waals surface area (Å²) in [5.74, 6) is 0.511. The second-order valence-corrected chi connectivity index (χ2v) is 5.24. The molecule has 1 heterocycles. The van der Waals surface area contributed by atoms with Gasteiger partial charge in [0.25, 0.3) is 0 Å². The maximum Gasteiger partial charge on any atom is 0.149 e. The third-order valence-electron chi connectivity index (χ3n) is 3.50. The van der Waals surface area contributed by atoms with Crippen molar-refractivity contribution >= 4 is 5.78 Å². The predicted molar refractivity (Wildman–Crippen MR) is 67.6 cm³/mol. The SMILES string of the molecule is CCN1CCCC1CN(C)CC(=O)C(C)C. The summed E-state index contributed by atoms with van der Waals surface area (Å²) in [5.41, 5.74) is 0. The van der Waals surface area contributed by atoms with Crippen LogP contribution >= 0.6 is 0 Å². The number of likely N-dealkylation sites (tertiary alicyclic amines) is 1. The van der Waals surface area contributed by atoms with Gasteiger partial charge in [-0.1, -0.05) is 20.8 Å². The average Bonchev–Trinajstić information content (AvgIpc) is 2.64. The van der Waals surface area contributed by atoms with Crippen LogP contribution in [-0.2, 0) is 4.79 Å². The van der Waals surface area contributed by atoms with Crippen molar-refractivity contribution in [2.45, 2.75) is 39.7 Å². The van der Waals surface area contributed by atoms with E-state index in [4.69, 9.17) is 0 Å². The number of rotatable bonds is 6. The highest BCUT2D eigenvalue weighted by Crippen LogP contribution is 2.17. The van der Waals surface area contributed by atoms with E-state index in [1.54, 1.807) is 0 Å². The van der Waals surface area contributed by atoms with Crippen molar-refractivity contribution in [3.63, 3.8) is 0 Å². The number of likely N-dealkylation sites (N-methyl/N-ethyl adjacent to an activating group) is 2. The fraction of sp³-hybridized carbons (Fsp3) is 0.923. The van der Waals surface area contributed by atoms with Crippen molar-refractivity contribution in [1.29, 1.82) is 0 Å². The molecule has 1 aliphatic rings. The van der Waals surface area contributed by atoms with Crippen LogP contribution in [0.1, 0.15) is 33.6 Å². The number of hydrogen-bond acceptors (Lipinski definition) is 3. The van der Waals surface area contributed by atoms with E-state index >= 15 is 0 Å². The van der Waals surface area contributed by atoms with Gasteiger partial charge in [0, 0.05) is 18.5 Å². The minimum absolute atomic E-state index is 0.160. The zero-order valence-corrected chi connectivity index (χ0v) is 11.2. The minimum Gasteiger partial charge on any atom is -0.299 e. The van der Waals surface area contributed by atoms with Gasteiger partial charge >= 0.3 is 0 Å². The molecule has 3 heteroatoms. The van der Waals surface area contributed by atoms with E-state index in [1.807, 2.05) is 13.8 Å². The first-order valence-electron chi connectivity index (χ1n) is 6.49. The van der Waals surface area contributed by atoms with Crippen molar-refractivity contribution in [3.05, 3.63) is 0 Å². The van der Waals surface area contributed by atoms with Crippen LogP contribution in [0, 0.1) is 5.92 Å². The van der Waals surface area contributed by atoms with Crippen molar-refractivity contribution in [2.75, 3.05) is 33.2 Å². The van der Waals surface area contributed by atoms with Gasteiger partial charge in [0.1, 0.15) is 5.78 Å². The summed E-state index contributed by atoms with van der Waals surface area (Å²) in [6.07, 6.45) is 2.60. The highest BCUT2D eigenvalue weighted by Gasteiger charge is 2.24. The van der Waals surface area contributed by atoms with Gasteiger partial charge in [-0.3, -0.25) is 14.6 Å². The molecule has 1 unspecified atom stereocenters. The Morgan fingerprint density at radius 3 is 2.75 bits per heavy atom. The molecule has 0 aliphatic carbocycles. The molecule has 0 bridgehead atoms. The largest absolute Gasteiger partial charge is 0.299 e. The Bertz CT molecular complexity index is 228. The maximum atomic E-state index is 11.6. The van der Waals surface area contributed by atoms with Crippen molar-refractivity contribution in [3.8, 4) is 0 Å². The number of hydrogen-bond donors (Lipinski definition) is 0. The van der Waals surface area contributed by atoms with Crippen LogP contribution in [-0.4, -0.2) is 54.9 Å². The molecule has 0 amide bonds. The van der Waals surface area contributed by atoms with E-state index in [0.29, 0.717) is 18.4 Å². The van der Waals surface area contributed by atoms with E-state index < -0.39 is 0 Å². The molecule has 94 valence electrons. The lowest BCUT2D eigenvalue weighted by molar-refractivity contribution is -0.122. The van der Waals surface area contributed by atoms with Gasteiger partial charge in [-0.15, -0.1) is 0 Å². The summed E-state index contributed by atoms with van der Waals surface area (Å²) in [4.78, 5) is 16.3. The molecule has 0 aromatic heterocycles. The molecule has 1 rings (SSSR count). The lowest BCUT2D eigenvalue weighted by Crippen LogP contribution is -2.41. The summed E-state index contributed by atoms with van der Waals surface area (Å²) in [6.45, 7) is 10.2. The summed E-state index contributed by atoms with van der Waals surface area (Å²) in [5, 5.41) is 0. The van der Waals surface area contributed by atoms with E-state index in [9.17, 15) is 4.79 Å². The standard InChI is InChI=1S/C13H26N2O/c1-5-15-8-6-7-12(15)9-14(4)10-13(16)11(2)3/h11-12H,5-10H2,1-4H3. The molecular formula is C13H26N2O. The van der Waals surface area contributed by atoms with Crippen molar-refractivity contribution < 1.29 is 4.79 Å². The van der Waals surface area contributed by atoms with E-state index in [2.05, 4.69) is 23.8 Å². The van der Waals surface area contributed by atoms with Gasteiger partial charge in [-0.25, -0.2) is 0 Å². The second-order valence-electron chi connectivity index (χ2n) is 5.24. The first-order chi connectivity index (χ1) is 7.54. The van der Waals surface area contributed by atoms with Gasteiger partial charge in [-0.2, -0.15) is 0 Å². The number of Topliss-reactive ketones (excluding diaryl/α,β-unsaturated/α-hetero) is 1. The third-order valence-corrected chi connectivity index (χ3v) is 3.50. The van der Waals surface area contributed by atoms with E-state index in [0.717, 1.165) is 13.1 Å². The first-order valence-corrected chi connectivity index (χ1v) is 6.49. The molecule has 0 aromatic carbocycles. The second kappa shape index (κ2) is 6.36. The summed E-state index contributed by atoms with van der Waals surface area (Å²) in [7, 11) is 2.06. The Morgan fingerprint density at radius 1 is 1.50 bits per heavy atom. The van der Waals surface area contributed by atoms with E-state index in [-0.39, 0.29) is 5.92 Å². The van der Waals surface area contributed by atoms with Gasteiger partial charge in [0.15, 0.2) is 0 Å². The summed E-state index contributed by atoms with van der Waals surface area (Å²) >= 11 is 0. The van der Waals surface area contributed by atoms with Crippen LogP contribution < -0.4 is 0 Å². The zero-order valence-electron chi connectivity index (χ0n) is 11.2. The summed E-state index contributed by atoms with van der Waals surface area (Å²) < 4.78 is 0. The van der Waals surface area contributed by atoms with Crippen LogP contribution in [0.15, 0.2) is 0 Å². The normalized spacial score (nSPS) is 22.2. The molecule has 16 heavy (non-hydrogen) atoms. The van der Waals surface area contributed by atoms with Crippen LogP contribution in [0.5, 0.6) is 0 Å². The highest BCUT2D eigenvalue weighted by atomic mass is 16.1. The van der Waals surface area contributed by atoms with Crippen molar-refractivity contribution in [2.24, 2.45) is 5.92 Å². The molecule has 0 N–H and O–H groups in total. The number of carbonyl (C=O) groups is 1. The monoisotopic (exact) mass is 226 g/mol. The Labute approximate surface area is 99.8 Å². The Balaban J connectivity index is 2.33. The molecule has 0 radical (unpaired) electrons. The lowest BCUT2D eigenvalue weighted by Gasteiger charge is -2.27. The molecule has 1 saturated heterocycles. The van der Waals surface area contributed by atoms with Crippen molar-refractivity contribution in [1.82, 2.24) is 9.80 Å². The fourth-order valence-corrected chi connectivity index (χ4v) is 2.39. The molecule has 0 spiro atoms. The van der Waals surface area contributed by atoms with Gasteiger partial charge < -0.3 is 0 Å². The number of carbonyl (C=O) groups excluding carboxylic acids is 1. The molecule has 1 aliphatic heterocycles. The zero-order chi connectivity index (χ0) is 12.1. The van der Waals surface area contributed by atoms with Gasteiger partial charge in [0.2, 0.25) is 0 Å². The van der Waals surface area contributed by atoms with Crippen LogP contribution in [0.3, 0.4) is 0 Å². The Hall–Kier alpha value is -0.410. The first kappa shape index (κ1) is 13.7. The number of ketones is 1. The summed E-state index contributed by atoms with van der Waals surface area (Å²) in [6, 6.07) is 0.662. The smallest absolute Gasteiger partial charge is 0.149 e.